The number of imidazole rings is 1. The maximum atomic E-state index is 12.5. The zero-order valence-electron chi connectivity index (χ0n) is 16.3. The SMILES string of the molecule is CC1CN(C(=O)CCc2nc3cc(S(=O)(=O)N(C)C)ccc3n2C)CCN1. The van der Waals surface area contributed by atoms with E-state index in [4.69, 9.17) is 0 Å². The van der Waals surface area contributed by atoms with Crippen LogP contribution in [0.5, 0.6) is 0 Å². The second-order valence-corrected chi connectivity index (χ2v) is 9.37. The zero-order chi connectivity index (χ0) is 19.8. The van der Waals surface area contributed by atoms with Crippen LogP contribution >= 0.6 is 0 Å². The van der Waals surface area contributed by atoms with Crippen LogP contribution in [0, 0.1) is 0 Å². The first-order valence-corrected chi connectivity index (χ1v) is 10.5. The van der Waals surface area contributed by atoms with Crippen molar-refractivity contribution in [3.63, 3.8) is 0 Å². The predicted molar refractivity (Wildman–Crippen MR) is 104 cm³/mol. The van der Waals surface area contributed by atoms with Gasteiger partial charge in [0, 0.05) is 59.7 Å². The Hall–Kier alpha value is -1.97. The Kier molecular flexibility index (Phi) is 5.55. The number of fused-ring (bicyclic) bond motifs is 1. The molecule has 148 valence electrons. The van der Waals surface area contributed by atoms with Crippen molar-refractivity contribution < 1.29 is 13.2 Å². The van der Waals surface area contributed by atoms with E-state index in [1.54, 1.807) is 18.2 Å². The molecule has 9 heteroatoms. The van der Waals surface area contributed by atoms with Crippen LogP contribution in [0.1, 0.15) is 19.2 Å². The number of sulfonamides is 1. The predicted octanol–water partition coefficient (Wildman–Crippen LogP) is 0.577. The highest BCUT2D eigenvalue weighted by Crippen LogP contribution is 2.22. The van der Waals surface area contributed by atoms with Gasteiger partial charge >= 0.3 is 0 Å². The van der Waals surface area contributed by atoms with E-state index in [1.807, 2.05) is 16.5 Å². The number of carbonyl (C=O) groups excluding carboxylic acids is 1. The van der Waals surface area contributed by atoms with Gasteiger partial charge in [0.25, 0.3) is 0 Å². The molecule has 0 saturated carbocycles. The molecule has 1 aromatic heterocycles. The molecule has 1 fully saturated rings. The maximum Gasteiger partial charge on any atom is 0.242 e. The van der Waals surface area contributed by atoms with Crippen molar-refractivity contribution in [3.8, 4) is 0 Å². The van der Waals surface area contributed by atoms with Crippen LogP contribution in [-0.2, 0) is 28.3 Å². The molecule has 8 nitrogen and oxygen atoms in total. The van der Waals surface area contributed by atoms with Gasteiger partial charge in [-0.3, -0.25) is 4.79 Å². The van der Waals surface area contributed by atoms with Crippen molar-refractivity contribution >= 4 is 27.0 Å². The summed E-state index contributed by atoms with van der Waals surface area (Å²) in [5.74, 6) is 0.909. The molecule has 1 amide bonds. The Morgan fingerprint density at radius 2 is 2.11 bits per heavy atom. The molecule has 1 saturated heterocycles. The van der Waals surface area contributed by atoms with Crippen molar-refractivity contribution in [2.75, 3.05) is 33.7 Å². The van der Waals surface area contributed by atoms with Gasteiger partial charge in [0.05, 0.1) is 15.9 Å². The summed E-state index contributed by atoms with van der Waals surface area (Å²) in [6.45, 7) is 4.36. The molecule has 1 N–H and O–H groups in total. The van der Waals surface area contributed by atoms with E-state index >= 15 is 0 Å². The van der Waals surface area contributed by atoms with Gasteiger partial charge in [-0.25, -0.2) is 17.7 Å². The van der Waals surface area contributed by atoms with E-state index in [-0.39, 0.29) is 10.8 Å². The highest BCUT2D eigenvalue weighted by Gasteiger charge is 2.22. The lowest BCUT2D eigenvalue weighted by Gasteiger charge is -2.32. The highest BCUT2D eigenvalue weighted by atomic mass is 32.2. The molecule has 1 unspecified atom stereocenters. The van der Waals surface area contributed by atoms with Crippen LogP contribution in [0.2, 0.25) is 0 Å². The highest BCUT2D eigenvalue weighted by molar-refractivity contribution is 7.89. The van der Waals surface area contributed by atoms with Gasteiger partial charge in [0.1, 0.15) is 5.82 Å². The van der Waals surface area contributed by atoms with Crippen LogP contribution in [0.15, 0.2) is 23.1 Å². The minimum atomic E-state index is -3.50. The van der Waals surface area contributed by atoms with E-state index in [9.17, 15) is 13.2 Å². The first kappa shape index (κ1) is 19.8. The van der Waals surface area contributed by atoms with E-state index in [1.165, 1.54) is 18.4 Å². The molecule has 0 spiro atoms. The second-order valence-electron chi connectivity index (χ2n) is 7.22. The van der Waals surface area contributed by atoms with Gasteiger partial charge in [0.15, 0.2) is 0 Å². The van der Waals surface area contributed by atoms with Crippen molar-refractivity contribution in [1.82, 2.24) is 24.1 Å². The van der Waals surface area contributed by atoms with Crippen LogP contribution in [-0.4, -0.2) is 72.9 Å². The second kappa shape index (κ2) is 7.57. The summed E-state index contributed by atoms with van der Waals surface area (Å²) >= 11 is 0. The van der Waals surface area contributed by atoms with Crippen LogP contribution in [0.4, 0.5) is 0 Å². The fourth-order valence-corrected chi connectivity index (χ4v) is 4.28. The number of piperazine rings is 1. The molecule has 2 aromatic rings. The van der Waals surface area contributed by atoms with E-state index in [0.29, 0.717) is 24.4 Å². The number of nitrogens with zero attached hydrogens (tertiary/aromatic N) is 4. The topological polar surface area (TPSA) is 87.5 Å². The first-order chi connectivity index (χ1) is 12.7. The number of benzene rings is 1. The number of hydrogen-bond donors (Lipinski definition) is 1. The minimum Gasteiger partial charge on any atom is -0.340 e. The Balaban J connectivity index is 1.77. The molecular formula is C18H27N5O3S. The van der Waals surface area contributed by atoms with Gasteiger partial charge in [-0.1, -0.05) is 0 Å². The molecule has 2 heterocycles. The maximum absolute atomic E-state index is 12.5. The van der Waals surface area contributed by atoms with E-state index < -0.39 is 10.0 Å². The summed E-state index contributed by atoms with van der Waals surface area (Å²) in [4.78, 5) is 19.2. The number of nitrogens with one attached hydrogen (secondary N) is 1. The Morgan fingerprint density at radius 1 is 1.37 bits per heavy atom. The van der Waals surface area contributed by atoms with Crippen molar-refractivity contribution in [3.05, 3.63) is 24.0 Å². The lowest BCUT2D eigenvalue weighted by atomic mass is 10.2. The average molecular weight is 394 g/mol. The monoisotopic (exact) mass is 393 g/mol. The summed E-state index contributed by atoms with van der Waals surface area (Å²) < 4.78 is 27.8. The molecule has 0 radical (unpaired) electrons. The third kappa shape index (κ3) is 3.99. The van der Waals surface area contributed by atoms with Gasteiger partial charge in [-0.05, 0) is 25.1 Å². The first-order valence-electron chi connectivity index (χ1n) is 9.09. The van der Waals surface area contributed by atoms with Crippen LogP contribution in [0.25, 0.3) is 11.0 Å². The Labute approximate surface area is 160 Å². The third-order valence-corrected chi connectivity index (χ3v) is 6.82. The molecule has 1 aliphatic rings. The van der Waals surface area contributed by atoms with E-state index in [0.717, 1.165) is 31.0 Å². The average Bonchev–Trinajstić information content (AvgIpc) is 2.95. The quantitative estimate of drug-likeness (QED) is 0.803. The molecule has 27 heavy (non-hydrogen) atoms. The molecule has 1 aliphatic heterocycles. The smallest absolute Gasteiger partial charge is 0.242 e. The number of aryl methyl sites for hydroxylation is 2. The zero-order valence-corrected chi connectivity index (χ0v) is 17.1. The normalized spacial score (nSPS) is 18.4. The molecule has 0 aliphatic carbocycles. The fraction of sp³-hybridized carbons (Fsp3) is 0.556. The van der Waals surface area contributed by atoms with Crippen molar-refractivity contribution in [1.29, 1.82) is 0 Å². The number of carbonyl (C=O) groups is 1. The summed E-state index contributed by atoms with van der Waals surface area (Å²) in [6.07, 6.45) is 0.921. The van der Waals surface area contributed by atoms with Gasteiger partial charge in [-0.15, -0.1) is 0 Å². The summed E-state index contributed by atoms with van der Waals surface area (Å²) in [5.41, 5.74) is 1.48. The Morgan fingerprint density at radius 3 is 2.78 bits per heavy atom. The van der Waals surface area contributed by atoms with Crippen molar-refractivity contribution in [2.24, 2.45) is 7.05 Å². The van der Waals surface area contributed by atoms with Gasteiger partial charge in [0.2, 0.25) is 15.9 Å². The van der Waals surface area contributed by atoms with Gasteiger partial charge < -0.3 is 14.8 Å². The number of aromatic nitrogens is 2. The van der Waals surface area contributed by atoms with Crippen LogP contribution in [0.3, 0.4) is 0 Å². The summed E-state index contributed by atoms with van der Waals surface area (Å²) in [6, 6.07) is 5.27. The fourth-order valence-electron chi connectivity index (χ4n) is 3.36. The largest absolute Gasteiger partial charge is 0.340 e. The molecular weight excluding hydrogens is 366 g/mol. The molecule has 0 bridgehead atoms. The number of rotatable bonds is 5. The van der Waals surface area contributed by atoms with Crippen LogP contribution < -0.4 is 5.32 Å². The van der Waals surface area contributed by atoms with Crippen molar-refractivity contribution in [2.45, 2.75) is 30.7 Å². The number of amides is 1. The molecule has 1 aromatic carbocycles. The lowest BCUT2D eigenvalue weighted by molar-refractivity contribution is -0.132. The lowest BCUT2D eigenvalue weighted by Crippen LogP contribution is -2.51. The summed E-state index contributed by atoms with van der Waals surface area (Å²) in [5, 5.41) is 3.33. The minimum absolute atomic E-state index is 0.131. The number of hydrogen-bond acceptors (Lipinski definition) is 5. The van der Waals surface area contributed by atoms with E-state index in [2.05, 4.69) is 17.2 Å². The molecule has 1 atom stereocenters. The van der Waals surface area contributed by atoms with Gasteiger partial charge in [-0.2, -0.15) is 0 Å². The molecule has 3 rings (SSSR count). The summed E-state index contributed by atoms with van der Waals surface area (Å²) in [7, 11) is 1.40. The standard InChI is InChI=1S/C18H27N5O3S/c1-13-12-23(10-9-19-13)18(24)8-7-17-20-15-11-14(27(25,26)21(2)3)5-6-16(15)22(17)4/h5-6,11,13,19H,7-10,12H2,1-4H3. The Bertz CT molecular complexity index is 951. The third-order valence-electron chi connectivity index (χ3n) is 5.01.